The van der Waals surface area contributed by atoms with E-state index < -0.39 is 0 Å². The number of fused-ring (bicyclic) bond motifs is 1. The molecule has 2 N–H and O–H groups in total. The molecule has 1 aromatic heterocycles. The second-order valence-corrected chi connectivity index (χ2v) is 5.22. The molecular weight excluding hydrogens is 340 g/mol. The average molecular weight is 353 g/mol. The molecule has 0 radical (unpaired) electrons. The van der Waals surface area contributed by atoms with Crippen molar-refractivity contribution in [1.29, 1.82) is 0 Å². The highest BCUT2D eigenvalue weighted by Crippen LogP contribution is 2.38. The first-order valence-electron chi connectivity index (χ1n) is 6.39. The Balaban J connectivity index is 1.65. The summed E-state index contributed by atoms with van der Waals surface area (Å²) in [5.74, 6) is 1.96. The van der Waals surface area contributed by atoms with E-state index in [-0.39, 0.29) is 6.03 Å². The highest BCUT2D eigenvalue weighted by Gasteiger charge is 2.16. The number of nitrogens with one attached hydrogen (secondary N) is 2. The number of halogens is 1. The second-order valence-electron chi connectivity index (χ2n) is 4.36. The molecule has 1 aliphatic heterocycles. The van der Waals surface area contributed by atoms with E-state index in [1.165, 1.54) is 0 Å². The summed E-state index contributed by atoms with van der Waals surface area (Å²) < 4.78 is 16.8. The number of carbonyl (C=O) groups excluding carboxylic acids is 1. The SMILES string of the molecule is O=C(NCc1ccco1)Nc1cc2c(cc1Br)OCCO2. The lowest BCUT2D eigenvalue weighted by molar-refractivity contribution is 0.171. The van der Waals surface area contributed by atoms with Crippen molar-refractivity contribution in [3.8, 4) is 11.5 Å². The maximum Gasteiger partial charge on any atom is 0.319 e. The zero-order valence-corrected chi connectivity index (χ0v) is 12.6. The largest absolute Gasteiger partial charge is 0.486 e. The molecule has 2 heterocycles. The van der Waals surface area contributed by atoms with Gasteiger partial charge in [-0.15, -0.1) is 0 Å². The summed E-state index contributed by atoms with van der Waals surface area (Å²) in [6, 6.07) is 6.73. The minimum atomic E-state index is -0.330. The maximum atomic E-state index is 11.9. The van der Waals surface area contributed by atoms with Crippen LogP contribution in [0.15, 0.2) is 39.4 Å². The average Bonchev–Trinajstić information content (AvgIpc) is 2.99. The topological polar surface area (TPSA) is 72.7 Å². The van der Waals surface area contributed by atoms with E-state index >= 15 is 0 Å². The molecule has 6 nitrogen and oxygen atoms in total. The van der Waals surface area contributed by atoms with Crippen molar-refractivity contribution in [3.05, 3.63) is 40.8 Å². The molecule has 110 valence electrons. The Kier molecular flexibility index (Phi) is 4.01. The molecule has 1 aliphatic rings. The van der Waals surface area contributed by atoms with E-state index in [9.17, 15) is 4.79 Å². The van der Waals surface area contributed by atoms with Crippen LogP contribution in [-0.2, 0) is 6.54 Å². The number of rotatable bonds is 3. The van der Waals surface area contributed by atoms with Crippen molar-refractivity contribution in [3.63, 3.8) is 0 Å². The first kappa shape index (κ1) is 13.8. The van der Waals surface area contributed by atoms with Gasteiger partial charge in [0.05, 0.1) is 18.5 Å². The van der Waals surface area contributed by atoms with E-state index in [1.807, 2.05) is 0 Å². The molecule has 0 atom stereocenters. The zero-order valence-electron chi connectivity index (χ0n) is 11.0. The molecule has 0 aliphatic carbocycles. The van der Waals surface area contributed by atoms with Crippen molar-refractivity contribution in [2.45, 2.75) is 6.54 Å². The molecule has 3 rings (SSSR count). The molecule has 0 fully saturated rings. The molecule has 1 aromatic carbocycles. The van der Waals surface area contributed by atoms with Crippen molar-refractivity contribution >= 4 is 27.6 Å². The monoisotopic (exact) mass is 352 g/mol. The quantitative estimate of drug-likeness (QED) is 0.889. The van der Waals surface area contributed by atoms with Gasteiger partial charge in [-0.3, -0.25) is 0 Å². The number of furan rings is 1. The molecule has 0 unspecified atom stereocenters. The molecule has 21 heavy (non-hydrogen) atoms. The summed E-state index contributed by atoms with van der Waals surface area (Å²) in [5.41, 5.74) is 0.608. The van der Waals surface area contributed by atoms with Crippen molar-refractivity contribution in [2.24, 2.45) is 0 Å². The van der Waals surface area contributed by atoms with Gasteiger partial charge in [-0.1, -0.05) is 0 Å². The third kappa shape index (κ3) is 3.30. The van der Waals surface area contributed by atoms with Gasteiger partial charge in [0.25, 0.3) is 0 Å². The molecule has 2 amide bonds. The minimum absolute atomic E-state index is 0.320. The van der Waals surface area contributed by atoms with Gasteiger partial charge in [0.15, 0.2) is 11.5 Å². The van der Waals surface area contributed by atoms with Crippen LogP contribution in [0.2, 0.25) is 0 Å². The number of carbonyl (C=O) groups is 1. The highest BCUT2D eigenvalue weighted by molar-refractivity contribution is 9.10. The fourth-order valence-electron chi connectivity index (χ4n) is 1.91. The summed E-state index contributed by atoms with van der Waals surface area (Å²) >= 11 is 3.40. The Hall–Kier alpha value is -2.15. The van der Waals surface area contributed by atoms with Crippen LogP contribution in [0.4, 0.5) is 10.5 Å². The van der Waals surface area contributed by atoms with Gasteiger partial charge in [-0.25, -0.2) is 4.79 Å². The maximum absolute atomic E-state index is 11.9. The molecule has 0 spiro atoms. The third-order valence-electron chi connectivity index (χ3n) is 2.88. The van der Waals surface area contributed by atoms with Crippen LogP contribution in [0.5, 0.6) is 11.5 Å². The second kappa shape index (κ2) is 6.09. The summed E-state index contributed by atoms with van der Waals surface area (Å²) in [6.07, 6.45) is 1.56. The predicted octanol–water partition coefficient (Wildman–Crippen LogP) is 3.14. The lowest BCUT2D eigenvalue weighted by atomic mass is 10.2. The van der Waals surface area contributed by atoms with Crippen LogP contribution in [0.25, 0.3) is 0 Å². The van der Waals surface area contributed by atoms with Crippen LogP contribution >= 0.6 is 15.9 Å². The predicted molar refractivity (Wildman–Crippen MR) is 79.7 cm³/mol. The number of benzene rings is 1. The van der Waals surface area contributed by atoms with E-state index in [0.717, 1.165) is 4.47 Å². The van der Waals surface area contributed by atoms with Crippen molar-refractivity contribution < 1.29 is 18.7 Å². The fraction of sp³-hybridized carbons (Fsp3) is 0.214. The Labute approximate surface area is 129 Å². The summed E-state index contributed by atoms with van der Waals surface area (Å²) in [4.78, 5) is 11.9. The van der Waals surface area contributed by atoms with E-state index in [4.69, 9.17) is 13.9 Å². The van der Waals surface area contributed by atoms with Crippen LogP contribution in [0, 0.1) is 0 Å². The number of amides is 2. The molecule has 0 saturated heterocycles. The number of anilines is 1. The fourth-order valence-corrected chi connectivity index (χ4v) is 2.33. The van der Waals surface area contributed by atoms with Gasteiger partial charge in [-0.05, 0) is 28.1 Å². The van der Waals surface area contributed by atoms with Gasteiger partial charge >= 0.3 is 6.03 Å². The highest BCUT2D eigenvalue weighted by atomic mass is 79.9. The van der Waals surface area contributed by atoms with Gasteiger partial charge in [-0.2, -0.15) is 0 Å². The number of hydrogen-bond acceptors (Lipinski definition) is 4. The molecule has 0 saturated carbocycles. The van der Waals surface area contributed by atoms with Gasteiger partial charge < -0.3 is 24.5 Å². The first-order chi connectivity index (χ1) is 10.2. The Morgan fingerprint density at radius 3 is 2.71 bits per heavy atom. The Morgan fingerprint density at radius 2 is 2.00 bits per heavy atom. The number of urea groups is 1. The standard InChI is InChI=1S/C14H13BrN2O4/c15-10-6-12-13(21-5-4-20-12)7-11(10)17-14(18)16-8-9-2-1-3-19-9/h1-3,6-7H,4-5,8H2,(H2,16,17,18). The smallest absolute Gasteiger partial charge is 0.319 e. The van der Waals surface area contributed by atoms with Crippen LogP contribution in [0.3, 0.4) is 0 Å². The lowest BCUT2D eigenvalue weighted by Gasteiger charge is -2.20. The van der Waals surface area contributed by atoms with Crippen molar-refractivity contribution in [1.82, 2.24) is 5.32 Å². The Morgan fingerprint density at radius 1 is 1.24 bits per heavy atom. The van der Waals surface area contributed by atoms with Gasteiger partial charge in [0.2, 0.25) is 0 Å². The van der Waals surface area contributed by atoms with E-state index in [2.05, 4.69) is 26.6 Å². The van der Waals surface area contributed by atoms with E-state index in [0.29, 0.717) is 42.7 Å². The van der Waals surface area contributed by atoms with Crippen molar-refractivity contribution in [2.75, 3.05) is 18.5 Å². The molecular formula is C14H13BrN2O4. The number of ether oxygens (including phenoxy) is 2. The summed E-state index contributed by atoms with van der Waals surface area (Å²) in [7, 11) is 0. The van der Waals surface area contributed by atoms with Gasteiger partial charge in [0, 0.05) is 16.6 Å². The third-order valence-corrected chi connectivity index (χ3v) is 3.54. The first-order valence-corrected chi connectivity index (χ1v) is 7.18. The summed E-state index contributed by atoms with van der Waals surface area (Å²) in [6.45, 7) is 1.34. The lowest BCUT2D eigenvalue weighted by Crippen LogP contribution is -2.28. The van der Waals surface area contributed by atoms with Crippen LogP contribution in [-0.4, -0.2) is 19.2 Å². The zero-order chi connectivity index (χ0) is 14.7. The summed E-state index contributed by atoms with van der Waals surface area (Å²) in [5, 5.41) is 5.45. The van der Waals surface area contributed by atoms with Gasteiger partial charge in [0.1, 0.15) is 19.0 Å². The minimum Gasteiger partial charge on any atom is -0.486 e. The normalized spacial score (nSPS) is 12.8. The number of hydrogen-bond donors (Lipinski definition) is 2. The molecule has 2 aromatic rings. The van der Waals surface area contributed by atoms with Crippen LogP contribution in [0.1, 0.15) is 5.76 Å². The van der Waals surface area contributed by atoms with Crippen LogP contribution < -0.4 is 20.1 Å². The Bertz CT molecular complexity index is 643. The molecule has 7 heteroatoms. The molecule has 0 bridgehead atoms. The van der Waals surface area contributed by atoms with E-state index in [1.54, 1.807) is 30.5 Å².